The van der Waals surface area contributed by atoms with Gasteiger partial charge in [0.1, 0.15) is 27.9 Å². The molecule has 0 aliphatic rings. The third-order valence-electron chi connectivity index (χ3n) is 6.27. The Morgan fingerprint density at radius 2 is 1.80 bits per heavy atom. The van der Waals surface area contributed by atoms with Gasteiger partial charge in [0.2, 0.25) is 0 Å². The van der Waals surface area contributed by atoms with Crippen molar-refractivity contribution in [2.45, 2.75) is 65.2 Å². The van der Waals surface area contributed by atoms with Crippen LogP contribution in [-0.2, 0) is 27.8 Å². The molecule has 0 amide bonds. The summed E-state index contributed by atoms with van der Waals surface area (Å²) >= 11 is 1.19. The van der Waals surface area contributed by atoms with E-state index < -0.39 is 16.0 Å². The summed E-state index contributed by atoms with van der Waals surface area (Å²) in [6.07, 6.45) is 1.47. The SMILES string of the molecule is CCCc1nc(C)cc(OCc2ccc(-c3cc(C)sc3S(=O)(=O)Nc3noc(C)c3C)cc2)c1C(=O)OCC. The first-order chi connectivity index (χ1) is 19.0. The van der Waals surface area contributed by atoms with Gasteiger partial charge in [0, 0.05) is 27.8 Å². The zero-order chi connectivity index (χ0) is 29.0. The number of carbonyl (C=O) groups is 1. The molecule has 9 nitrogen and oxygen atoms in total. The fraction of sp³-hybridized carbons (Fsp3) is 0.345. The lowest BCUT2D eigenvalue weighted by molar-refractivity contribution is 0.0519. The Morgan fingerprint density at radius 3 is 2.42 bits per heavy atom. The van der Waals surface area contributed by atoms with Crippen molar-refractivity contribution < 1.29 is 27.2 Å². The van der Waals surface area contributed by atoms with Crippen LogP contribution in [-0.4, -0.2) is 31.1 Å². The Morgan fingerprint density at radius 1 is 1.07 bits per heavy atom. The zero-order valence-corrected chi connectivity index (χ0v) is 25.1. The number of benzene rings is 1. The van der Waals surface area contributed by atoms with Gasteiger partial charge >= 0.3 is 5.97 Å². The Labute approximate surface area is 238 Å². The number of anilines is 1. The van der Waals surface area contributed by atoms with E-state index in [9.17, 15) is 13.2 Å². The molecule has 3 aromatic heterocycles. The zero-order valence-electron chi connectivity index (χ0n) is 23.5. The van der Waals surface area contributed by atoms with Crippen molar-refractivity contribution in [1.29, 1.82) is 0 Å². The van der Waals surface area contributed by atoms with E-state index in [0.29, 0.717) is 40.3 Å². The van der Waals surface area contributed by atoms with E-state index in [1.165, 1.54) is 11.3 Å². The van der Waals surface area contributed by atoms with E-state index >= 15 is 0 Å². The number of aromatic nitrogens is 2. The number of nitrogens with zero attached hydrogens (tertiary/aromatic N) is 2. The highest BCUT2D eigenvalue weighted by molar-refractivity contribution is 7.94. The van der Waals surface area contributed by atoms with E-state index in [1.54, 1.807) is 26.8 Å². The van der Waals surface area contributed by atoms with Crippen LogP contribution in [0, 0.1) is 27.7 Å². The summed E-state index contributed by atoms with van der Waals surface area (Å²) in [4.78, 5) is 18.1. The maximum Gasteiger partial charge on any atom is 0.343 e. The lowest BCUT2D eigenvalue weighted by Gasteiger charge is -2.15. The average Bonchev–Trinajstić information content (AvgIpc) is 3.45. The van der Waals surface area contributed by atoms with Gasteiger partial charge in [0.15, 0.2) is 5.82 Å². The van der Waals surface area contributed by atoms with E-state index in [2.05, 4.69) is 14.9 Å². The van der Waals surface area contributed by atoms with Gasteiger partial charge < -0.3 is 14.0 Å². The van der Waals surface area contributed by atoms with Crippen LogP contribution in [0.25, 0.3) is 11.1 Å². The van der Waals surface area contributed by atoms with Crippen LogP contribution in [0.1, 0.15) is 63.8 Å². The normalized spacial score (nSPS) is 11.4. The largest absolute Gasteiger partial charge is 0.488 e. The second kappa shape index (κ2) is 12.2. The van der Waals surface area contributed by atoms with Gasteiger partial charge in [-0.15, -0.1) is 11.3 Å². The number of aryl methyl sites for hydroxylation is 4. The van der Waals surface area contributed by atoms with Crippen LogP contribution in [0.15, 0.2) is 45.1 Å². The number of thiophene rings is 1. The molecule has 0 saturated carbocycles. The Bertz CT molecular complexity index is 1620. The number of nitrogens with one attached hydrogen (secondary N) is 1. The molecule has 11 heteroatoms. The molecule has 212 valence electrons. The summed E-state index contributed by atoms with van der Waals surface area (Å²) in [6.45, 7) is 11.5. The van der Waals surface area contributed by atoms with Crippen LogP contribution >= 0.6 is 11.3 Å². The van der Waals surface area contributed by atoms with Gasteiger partial charge in [-0.1, -0.05) is 42.8 Å². The summed E-state index contributed by atoms with van der Waals surface area (Å²) in [5, 5.41) is 3.83. The molecule has 1 N–H and O–H groups in total. The van der Waals surface area contributed by atoms with Gasteiger partial charge in [-0.05, 0) is 58.2 Å². The van der Waals surface area contributed by atoms with E-state index in [0.717, 1.165) is 28.1 Å². The molecule has 4 rings (SSSR count). The molecule has 1 aromatic carbocycles. The standard InChI is InChI=1S/C29H33N3O6S2/c1-7-9-24-26(28(33)36-8-2)25(14-17(3)30-24)37-16-21-10-12-22(13-11-21)23-15-18(4)39-29(23)40(34,35)32-27-19(5)20(6)38-31-27/h10-15H,7-9,16H2,1-6H3,(H,31,32). The predicted molar refractivity (Wildman–Crippen MR) is 155 cm³/mol. The van der Waals surface area contributed by atoms with Crippen molar-refractivity contribution in [3.8, 4) is 16.9 Å². The van der Waals surface area contributed by atoms with Crippen molar-refractivity contribution in [1.82, 2.24) is 10.1 Å². The molecule has 0 fully saturated rings. The third kappa shape index (κ3) is 6.37. The molecule has 40 heavy (non-hydrogen) atoms. The van der Waals surface area contributed by atoms with Crippen LogP contribution in [0.4, 0.5) is 5.82 Å². The number of hydrogen-bond acceptors (Lipinski definition) is 9. The molecule has 0 aliphatic carbocycles. The first-order valence-corrected chi connectivity index (χ1v) is 15.3. The predicted octanol–water partition coefficient (Wildman–Crippen LogP) is 6.54. The Hall–Kier alpha value is -3.70. The highest BCUT2D eigenvalue weighted by Crippen LogP contribution is 2.36. The first kappa shape index (κ1) is 29.3. The van der Waals surface area contributed by atoms with Gasteiger partial charge in [-0.2, -0.15) is 0 Å². The van der Waals surface area contributed by atoms with Crippen molar-refractivity contribution >= 4 is 33.1 Å². The number of esters is 1. The smallest absolute Gasteiger partial charge is 0.343 e. The molecule has 0 radical (unpaired) electrons. The number of pyridine rings is 1. The summed E-state index contributed by atoms with van der Waals surface area (Å²) in [5.74, 6) is 0.716. The topological polar surface area (TPSA) is 121 Å². The second-order valence-corrected chi connectivity index (χ2v) is 12.5. The molecule has 0 bridgehead atoms. The van der Waals surface area contributed by atoms with Crippen molar-refractivity contribution in [3.63, 3.8) is 0 Å². The van der Waals surface area contributed by atoms with Crippen molar-refractivity contribution in [2.24, 2.45) is 0 Å². The summed E-state index contributed by atoms with van der Waals surface area (Å²) in [6, 6.07) is 11.1. The highest BCUT2D eigenvalue weighted by atomic mass is 32.2. The Kier molecular flexibility index (Phi) is 8.95. The number of hydrogen-bond donors (Lipinski definition) is 1. The summed E-state index contributed by atoms with van der Waals surface area (Å²) < 4.78 is 45.8. The fourth-order valence-corrected chi connectivity index (χ4v) is 6.90. The second-order valence-electron chi connectivity index (χ2n) is 9.42. The van der Waals surface area contributed by atoms with Crippen LogP contribution in [0.5, 0.6) is 5.75 Å². The molecule has 4 aromatic rings. The van der Waals surface area contributed by atoms with Gasteiger partial charge in [-0.25, -0.2) is 13.2 Å². The molecule has 0 unspecified atom stereocenters. The summed E-state index contributed by atoms with van der Waals surface area (Å²) in [5.41, 5.74) is 4.62. The molecule has 3 heterocycles. The highest BCUT2D eigenvalue weighted by Gasteiger charge is 2.25. The van der Waals surface area contributed by atoms with Crippen LogP contribution in [0.3, 0.4) is 0 Å². The molecular formula is C29H33N3O6S2. The lowest BCUT2D eigenvalue weighted by atomic mass is 10.1. The number of sulfonamides is 1. The van der Waals surface area contributed by atoms with E-state index in [-0.39, 0.29) is 23.2 Å². The van der Waals surface area contributed by atoms with Crippen LogP contribution < -0.4 is 9.46 Å². The number of rotatable bonds is 11. The fourth-order valence-electron chi connectivity index (χ4n) is 4.18. The molecule has 0 aliphatic heterocycles. The van der Waals surface area contributed by atoms with Gasteiger partial charge in [0.25, 0.3) is 10.0 Å². The summed E-state index contributed by atoms with van der Waals surface area (Å²) in [7, 11) is -3.90. The minimum atomic E-state index is -3.90. The number of carbonyl (C=O) groups excluding carboxylic acids is 1. The van der Waals surface area contributed by atoms with E-state index in [1.807, 2.05) is 51.1 Å². The first-order valence-electron chi connectivity index (χ1n) is 13.0. The monoisotopic (exact) mass is 583 g/mol. The molecule has 0 saturated heterocycles. The quantitative estimate of drug-likeness (QED) is 0.198. The van der Waals surface area contributed by atoms with Gasteiger partial charge in [0.05, 0.1) is 12.3 Å². The van der Waals surface area contributed by atoms with Crippen LogP contribution in [0.2, 0.25) is 0 Å². The van der Waals surface area contributed by atoms with E-state index in [4.69, 9.17) is 14.0 Å². The minimum absolute atomic E-state index is 0.178. The number of ether oxygens (including phenoxy) is 2. The van der Waals surface area contributed by atoms with Crippen molar-refractivity contribution in [2.75, 3.05) is 11.3 Å². The lowest BCUT2D eigenvalue weighted by Crippen LogP contribution is -2.13. The molecule has 0 atom stereocenters. The maximum absolute atomic E-state index is 13.3. The van der Waals surface area contributed by atoms with Gasteiger partial charge in [-0.3, -0.25) is 9.71 Å². The Balaban J connectivity index is 1.57. The molecule has 0 spiro atoms. The minimum Gasteiger partial charge on any atom is -0.488 e. The third-order valence-corrected chi connectivity index (χ3v) is 9.19. The maximum atomic E-state index is 13.3. The molecular weight excluding hydrogens is 550 g/mol. The average molecular weight is 584 g/mol. The van der Waals surface area contributed by atoms with Crippen molar-refractivity contribution in [3.05, 3.63) is 75.1 Å².